The minimum Gasteiger partial charge on any atom is -1.00 e. The van der Waals surface area contributed by atoms with Gasteiger partial charge in [-0.25, -0.2) is 0 Å². The summed E-state index contributed by atoms with van der Waals surface area (Å²) in [6.45, 7) is 19.5. The minimum absolute atomic E-state index is 0. The summed E-state index contributed by atoms with van der Waals surface area (Å²) in [5.74, 6) is 0. The average Bonchev–Trinajstić information content (AvgIpc) is 3.20. The molecule has 4 rings (SSSR count). The zero-order chi connectivity index (χ0) is 22.5. The van der Waals surface area contributed by atoms with Gasteiger partial charge in [0.05, 0.1) is 0 Å². The van der Waals surface area contributed by atoms with Crippen LogP contribution in [0.2, 0.25) is 39.3 Å². The molecule has 0 aliphatic carbocycles. The summed E-state index contributed by atoms with van der Waals surface area (Å²) >= 11 is 1.89. The summed E-state index contributed by atoms with van der Waals surface area (Å²) in [6.07, 6.45) is 0. The van der Waals surface area contributed by atoms with Crippen LogP contribution in [0.1, 0.15) is 11.1 Å². The van der Waals surface area contributed by atoms with Crippen LogP contribution < -0.4 is 24.8 Å². The van der Waals surface area contributed by atoms with Crippen molar-refractivity contribution in [3.05, 3.63) is 83.9 Å². The third-order valence-electron chi connectivity index (χ3n) is 5.02. The van der Waals surface area contributed by atoms with Crippen molar-refractivity contribution in [3.63, 3.8) is 0 Å². The van der Waals surface area contributed by atoms with E-state index in [1.807, 2.05) is 23.3 Å². The molecule has 4 aromatic carbocycles. The zero-order valence-electron chi connectivity index (χ0n) is 20.7. The molecule has 0 spiro atoms. The van der Waals surface area contributed by atoms with E-state index in [0.717, 1.165) is 0 Å². The molecular formula is C26H36Cl2Si3Zr-2. The van der Waals surface area contributed by atoms with E-state index in [4.69, 9.17) is 0 Å². The fourth-order valence-corrected chi connectivity index (χ4v) is 33.0. The number of rotatable bonds is 2. The molecule has 4 aromatic rings. The van der Waals surface area contributed by atoms with Gasteiger partial charge in [0, 0.05) is 0 Å². The monoisotopic (exact) mass is 592 g/mol. The topological polar surface area (TPSA) is 0 Å². The van der Waals surface area contributed by atoms with E-state index in [9.17, 15) is 0 Å². The van der Waals surface area contributed by atoms with Crippen molar-refractivity contribution in [1.82, 2.24) is 0 Å². The van der Waals surface area contributed by atoms with Crippen LogP contribution in [0.25, 0.3) is 21.5 Å². The number of aryl methyl sites for hydroxylation is 2. The second kappa shape index (κ2) is 13.6. The molecule has 0 nitrogen and oxygen atoms in total. The van der Waals surface area contributed by atoms with Gasteiger partial charge in [-0.15, -0.1) is 81.2 Å². The molecule has 0 atom stereocenters. The maximum Gasteiger partial charge on any atom is -0.0579 e. The van der Waals surface area contributed by atoms with Crippen LogP contribution in [0.3, 0.4) is 0 Å². The summed E-state index contributed by atoms with van der Waals surface area (Å²) in [7, 11) is -1.38. The van der Waals surface area contributed by atoms with Gasteiger partial charge >= 0.3 is 82.3 Å². The molecule has 32 heavy (non-hydrogen) atoms. The smallest absolute Gasteiger partial charge is 0.0579 e. The van der Waals surface area contributed by atoms with Gasteiger partial charge in [-0.05, 0) is 0 Å². The van der Waals surface area contributed by atoms with Crippen molar-refractivity contribution in [2.75, 3.05) is 0 Å². The van der Waals surface area contributed by atoms with Crippen molar-refractivity contribution < 1.29 is 48.1 Å². The van der Waals surface area contributed by atoms with E-state index in [2.05, 4.69) is 126 Å². The van der Waals surface area contributed by atoms with Crippen LogP contribution in [-0.2, 0) is 23.3 Å². The van der Waals surface area contributed by atoms with Crippen molar-refractivity contribution in [1.29, 1.82) is 0 Å². The predicted octanol–water partition coefficient (Wildman–Crippen LogP) is 2.10. The normalized spacial score (nSPS) is 10.8. The Morgan fingerprint density at radius 1 is 0.625 bits per heavy atom. The zero-order valence-corrected chi connectivity index (χ0v) is 27.7. The van der Waals surface area contributed by atoms with Crippen LogP contribution in [0.5, 0.6) is 0 Å². The third kappa shape index (κ3) is 9.95. The third-order valence-corrected chi connectivity index (χ3v) is 63.7. The molecule has 0 fully saturated rings. The summed E-state index contributed by atoms with van der Waals surface area (Å²) in [6, 6.07) is 25.7. The Kier molecular flexibility index (Phi) is 13.5. The van der Waals surface area contributed by atoms with E-state index >= 15 is 0 Å². The number of benzene rings is 2. The summed E-state index contributed by atoms with van der Waals surface area (Å²) in [5.41, 5.74) is 2.70. The van der Waals surface area contributed by atoms with Crippen LogP contribution in [0.4, 0.5) is 0 Å². The molecule has 0 aliphatic rings. The Bertz CT molecular complexity index is 961. The van der Waals surface area contributed by atoms with Crippen LogP contribution in [0, 0.1) is 13.8 Å². The molecule has 0 aliphatic heterocycles. The maximum absolute atomic E-state index is 2.55. The molecule has 172 valence electrons. The van der Waals surface area contributed by atoms with E-state index in [-0.39, 0.29) is 29.3 Å². The van der Waals surface area contributed by atoms with Gasteiger partial charge < -0.3 is 24.8 Å². The van der Waals surface area contributed by atoms with Gasteiger partial charge in [0.2, 0.25) is 0 Å². The number of halogens is 2. The van der Waals surface area contributed by atoms with Gasteiger partial charge in [0.1, 0.15) is 0 Å². The van der Waals surface area contributed by atoms with E-state index < -0.39 is 15.2 Å². The van der Waals surface area contributed by atoms with Crippen LogP contribution in [-0.4, -0.2) is 19.7 Å². The molecule has 0 N–H and O–H groups in total. The molecule has 0 aromatic heterocycles. The fourth-order valence-electron chi connectivity index (χ4n) is 3.74. The van der Waals surface area contributed by atoms with Crippen molar-refractivity contribution in [2.24, 2.45) is 0 Å². The molecule has 0 heterocycles. The first-order valence-corrected chi connectivity index (χ1v) is 24.9. The first-order valence-electron chi connectivity index (χ1n) is 10.7. The van der Waals surface area contributed by atoms with Crippen LogP contribution >= 0.6 is 0 Å². The van der Waals surface area contributed by atoms with Crippen molar-refractivity contribution >= 4 is 41.2 Å². The molecule has 0 radical (unpaired) electrons. The molecule has 0 unspecified atom stereocenters. The van der Waals surface area contributed by atoms with E-state index in [1.54, 1.807) is 0 Å². The predicted molar refractivity (Wildman–Crippen MR) is 141 cm³/mol. The Labute approximate surface area is 224 Å². The Hall–Kier alpha value is -0.226. The van der Waals surface area contributed by atoms with Crippen molar-refractivity contribution in [2.45, 2.75) is 53.1 Å². The summed E-state index contributed by atoms with van der Waals surface area (Å²) in [5, 5.41) is 5.39. The largest absolute Gasteiger partial charge is 1.00 e. The molecular weight excluding hydrogens is 559 g/mol. The second-order valence-electron chi connectivity index (χ2n) is 10.2. The number of hydrogen-bond acceptors (Lipinski definition) is 0. The van der Waals surface area contributed by atoms with Crippen LogP contribution in [0.15, 0.2) is 72.8 Å². The molecule has 0 saturated carbocycles. The van der Waals surface area contributed by atoms with Gasteiger partial charge in [-0.3, -0.25) is 0 Å². The molecule has 0 bridgehead atoms. The fraction of sp³-hybridized carbons (Fsp3) is 0.308. The Morgan fingerprint density at radius 3 is 1.19 bits per heavy atom. The standard InChI is InChI=1S/2C10H9.C6H18Si3.2ClH.Zr/c2*1-8-6-9-4-2-3-5-10(9)7-8;1-8(2,3)7-9(4,5)6;;;/h2*2-7H,1H3;1-6H3;2*1H;/q2*-1;;;;+2/p-2. The first kappa shape index (κ1) is 31.8. The minimum atomic E-state index is -0.692. The quantitative estimate of drug-likeness (QED) is 0.247. The Balaban J connectivity index is 0.000000437. The summed E-state index contributed by atoms with van der Waals surface area (Å²) < 4.78 is 0.147. The number of hydrogen-bond donors (Lipinski definition) is 0. The summed E-state index contributed by atoms with van der Waals surface area (Å²) in [4.78, 5) is 0. The maximum atomic E-state index is 2.55. The average molecular weight is 595 g/mol. The SMILES string of the molecule is C[Si](C)(C)[Si](=[Zr+2])[Si](C)(C)C.Cc1cc2ccccc2[cH-]1.Cc1cc2ccccc2[cH-]1.[Cl-].[Cl-]. The molecule has 0 saturated heterocycles. The Morgan fingerprint density at radius 2 is 0.938 bits per heavy atom. The number of fused-ring (bicyclic) bond motifs is 2. The van der Waals surface area contributed by atoms with Crippen molar-refractivity contribution in [3.8, 4) is 0 Å². The second-order valence-corrected chi connectivity index (χ2v) is 44.5. The van der Waals surface area contributed by atoms with E-state index in [0.29, 0.717) is 0 Å². The first-order chi connectivity index (χ1) is 13.9. The van der Waals surface area contributed by atoms with Gasteiger partial charge in [0.25, 0.3) is 0 Å². The van der Waals surface area contributed by atoms with Gasteiger partial charge in [-0.1, -0.05) is 26.0 Å². The van der Waals surface area contributed by atoms with Gasteiger partial charge in [-0.2, -0.15) is 12.1 Å². The molecule has 6 heteroatoms. The molecule has 0 amide bonds. The van der Waals surface area contributed by atoms with Gasteiger partial charge in [0.15, 0.2) is 0 Å². The van der Waals surface area contributed by atoms with E-state index in [1.165, 1.54) is 32.7 Å².